The lowest BCUT2D eigenvalue weighted by Crippen LogP contribution is -2.36. The van der Waals surface area contributed by atoms with Crippen LogP contribution in [0.5, 0.6) is 5.75 Å². The van der Waals surface area contributed by atoms with Crippen LogP contribution in [-0.2, 0) is 9.53 Å². The van der Waals surface area contributed by atoms with Gasteiger partial charge in [-0.3, -0.25) is 4.98 Å². The number of aromatic nitrogens is 1. The van der Waals surface area contributed by atoms with Gasteiger partial charge in [0, 0.05) is 18.3 Å². The summed E-state index contributed by atoms with van der Waals surface area (Å²) in [5.74, 6) is 0.318. The molecule has 20 heavy (non-hydrogen) atoms. The molecule has 2 rings (SSSR count). The van der Waals surface area contributed by atoms with E-state index in [-0.39, 0.29) is 12.1 Å². The van der Waals surface area contributed by atoms with Gasteiger partial charge in [-0.1, -0.05) is 0 Å². The van der Waals surface area contributed by atoms with Crippen LogP contribution < -0.4 is 10.1 Å². The Morgan fingerprint density at radius 3 is 3.10 bits per heavy atom. The van der Waals surface area contributed by atoms with Crippen molar-refractivity contribution in [2.45, 2.75) is 31.9 Å². The first-order valence-corrected chi connectivity index (χ1v) is 6.80. The number of carbonyl (C=O) groups is 1. The number of hydrogen-bond acceptors (Lipinski definition) is 5. The molecule has 0 amide bonds. The maximum atomic E-state index is 11.1. The van der Waals surface area contributed by atoms with E-state index in [1.807, 2.05) is 6.07 Å². The summed E-state index contributed by atoms with van der Waals surface area (Å²) in [7, 11) is 1.35. The molecule has 1 aliphatic rings. The third-order valence-electron chi connectivity index (χ3n) is 3.33. The molecule has 0 bridgehead atoms. The molecule has 5 heteroatoms. The summed E-state index contributed by atoms with van der Waals surface area (Å²) < 4.78 is 10.4. The lowest BCUT2D eigenvalue weighted by atomic mass is 10.1. The molecule has 0 aromatic carbocycles. The minimum Gasteiger partial charge on any atom is -0.487 e. The van der Waals surface area contributed by atoms with E-state index < -0.39 is 0 Å². The Hall–Kier alpha value is -1.88. The number of nitrogens with zero attached hydrogens (tertiary/aromatic N) is 1. The quantitative estimate of drug-likeness (QED) is 0.656. The SMILES string of the molecule is COC(=O)/C=C/c1cncc(OC(C)[C@@H]2CCCN2)c1. The molecular weight excluding hydrogens is 256 g/mol. The number of carbonyl (C=O) groups excluding carboxylic acids is 1. The van der Waals surface area contributed by atoms with Crippen molar-refractivity contribution in [2.75, 3.05) is 13.7 Å². The highest BCUT2D eigenvalue weighted by atomic mass is 16.5. The van der Waals surface area contributed by atoms with E-state index in [0.29, 0.717) is 11.8 Å². The van der Waals surface area contributed by atoms with Crippen molar-refractivity contribution in [1.82, 2.24) is 10.3 Å². The van der Waals surface area contributed by atoms with Crippen molar-refractivity contribution < 1.29 is 14.3 Å². The molecule has 2 atom stereocenters. The second kappa shape index (κ2) is 7.05. The maximum Gasteiger partial charge on any atom is 0.330 e. The summed E-state index contributed by atoms with van der Waals surface area (Å²) >= 11 is 0. The summed E-state index contributed by atoms with van der Waals surface area (Å²) in [6, 6.07) is 2.25. The van der Waals surface area contributed by atoms with Crippen molar-refractivity contribution in [2.24, 2.45) is 0 Å². The van der Waals surface area contributed by atoms with E-state index in [1.54, 1.807) is 18.5 Å². The molecule has 1 aromatic heterocycles. The predicted octanol–water partition coefficient (Wildman–Crippen LogP) is 1.79. The van der Waals surface area contributed by atoms with Gasteiger partial charge < -0.3 is 14.8 Å². The van der Waals surface area contributed by atoms with Crippen LogP contribution >= 0.6 is 0 Å². The smallest absolute Gasteiger partial charge is 0.330 e. The Kier molecular flexibility index (Phi) is 5.12. The van der Waals surface area contributed by atoms with Gasteiger partial charge in [-0.05, 0) is 44.0 Å². The van der Waals surface area contributed by atoms with Crippen LogP contribution in [0.4, 0.5) is 0 Å². The minimum atomic E-state index is -0.389. The summed E-state index contributed by atoms with van der Waals surface area (Å²) in [5, 5.41) is 3.42. The first-order valence-electron chi connectivity index (χ1n) is 6.80. The zero-order valence-corrected chi connectivity index (χ0v) is 11.8. The lowest BCUT2D eigenvalue weighted by molar-refractivity contribution is -0.134. The van der Waals surface area contributed by atoms with Gasteiger partial charge >= 0.3 is 5.97 Å². The number of pyridine rings is 1. The first-order chi connectivity index (χ1) is 9.69. The standard InChI is InChI=1S/C15H20N2O3/c1-11(14-4-3-7-17-14)20-13-8-12(9-16-10-13)5-6-15(18)19-2/h5-6,8-11,14,17H,3-4,7H2,1-2H3/b6-5+/t11?,14-/m0/s1. The van der Waals surface area contributed by atoms with Gasteiger partial charge in [0.15, 0.2) is 0 Å². The van der Waals surface area contributed by atoms with Crippen molar-refractivity contribution in [3.8, 4) is 5.75 Å². The molecule has 0 aliphatic carbocycles. The molecule has 5 nitrogen and oxygen atoms in total. The average Bonchev–Trinajstić information content (AvgIpc) is 2.99. The van der Waals surface area contributed by atoms with E-state index in [9.17, 15) is 4.79 Å². The normalized spacial score (nSPS) is 20.0. The van der Waals surface area contributed by atoms with Crippen molar-refractivity contribution in [1.29, 1.82) is 0 Å². The second-order valence-electron chi connectivity index (χ2n) is 4.84. The monoisotopic (exact) mass is 276 g/mol. The fourth-order valence-electron chi connectivity index (χ4n) is 2.23. The Bertz CT molecular complexity index is 482. The van der Waals surface area contributed by atoms with Crippen LogP contribution in [0, 0.1) is 0 Å². The van der Waals surface area contributed by atoms with Gasteiger partial charge in [-0.25, -0.2) is 4.79 Å². The molecule has 1 aliphatic heterocycles. The second-order valence-corrected chi connectivity index (χ2v) is 4.84. The zero-order valence-electron chi connectivity index (χ0n) is 11.8. The van der Waals surface area contributed by atoms with Crippen molar-refractivity contribution in [3.05, 3.63) is 30.1 Å². The highest BCUT2D eigenvalue weighted by Crippen LogP contribution is 2.18. The van der Waals surface area contributed by atoms with Crippen LogP contribution in [0.3, 0.4) is 0 Å². The van der Waals surface area contributed by atoms with E-state index in [2.05, 4.69) is 22.0 Å². The summed E-state index contributed by atoms with van der Waals surface area (Å²) in [6.07, 6.45) is 8.80. The first kappa shape index (κ1) is 14.5. The van der Waals surface area contributed by atoms with Gasteiger partial charge in [0.05, 0.1) is 13.3 Å². The number of rotatable bonds is 5. The van der Waals surface area contributed by atoms with Crippen LogP contribution in [0.15, 0.2) is 24.5 Å². The Labute approximate surface area is 119 Å². The van der Waals surface area contributed by atoms with Crippen LogP contribution in [0.1, 0.15) is 25.3 Å². The van der Waals surface area contributed by atoms with E-state index in [0.717, 1.165) is 18.5 Å². The molecule has 1 saturated heterocycles. The van der Waals surface area contributed by atoms with Gasteiger partial charge in [0.1, 0.15) is 11.9 Å². The molecule has 2 heterocycles. The summed E-state index contributed by atoms with van der Waals surface area (Å²) in [5.41, 5.74) is 0.805. The fraction of sp³-hybridized carbons (Fsp3) is 0.467. The van der Waals surface area contributed by atoms with E-state index in [1.165, 1.54) is 19.6 Å². The highest BCUT2D eigenvalue weighted by molar-refractivity contribution is 5.86. The third-order valence-corrected chi connectivity index (χ3v) is 3.33. The summed E-state index contributed by atoms with van der Waals surface area (Å²) in [4.78, 5) is 15.2. The minimum absolute atomic E-state index is 0.0964. The number of methoxy groups -OCH3 is 1. The zero-order chi connectivity index (χ0) is 14.4. The maximum absolute atomic E-state index is 11.1. The molecule has 0 spiro atoms. The molecule has 1 aromatic rings. The molecule has 1 unspecified atom stereocenters. The number of ether oxygens (including phenoxy) is 2. The Morgan fingerprint density at radius 1 is 1.55 bits per heavy atom. The van der Waals surface area contributed by atoms with E-state index >= 15 is 0 Å². The summed E-state index contributed by atoms with van der Waals surface area (Å²) in [6.45, 7) is 3.11. The topological polar surface area (TPSA) is 60.5 Å². The molecule has 1 fully saturated rings. The van der Waals surface area contributed by atoms with Gasteiger partial charge in [-0.15, -0.1) is 0 Å². The van der Waals surface area contributed by atoms with Crippen LogP contribution in [0.25, 0.3) is 6.08 Å². The molecule has 108 valence electrons. The predicted molar refractivity (Wildman–Crippen MR) is 76.4 cm³/mol. The fourth-order valence-corrected chi connectivity index (χ4v) is 2.23. The van der Waals surface area contributed by atoms with Crippen molar-refractivity contribution in [3.63, 3.8) is 0 Å². The van der Waals surface area contributed by atoms with Crippen molar-refractivity contribution >= 4 is 12.0 Å². The molecular formula is C15H20N2O3. The lowest BCUT2D eigenvalue weighted by Gasteiger charge is -2.21. The average molecular weight is 276 g/mol. The van der Waals surface area contributed by atoms with Gasteiger partial charge in [-0.2, -0.15) is 0 Å². The van der Waals surface area contributed by atoms with Crippen LogP contribution in [0.2, 0.25) is 0 Å². The number of nitrogens with one attached hydrogen (secondary N) is 1. The van der Waals surface area contributed by atoms with E-state index in [4.69, 9.17) is 4.74 Å². The van der Waals surface area contributed by atoms with Crippen LogP contribution in [-0.4, -0.2) is 36.8 Å². The Morgan fingerprint density at radius 2 is 2.40 bits per heavy atom. The number of esters is 1. The largest absolute Gasteiger partial charge is 0.487 e. The third kappa shape index (κ3) is 4.06. The molecule has 1 N–H and O–H groups in total. The van der Waals surface area contributed by atoms with Gasteiger partial charge in [0.25, 0.3) is 0 Å². The Balaban J connectivity index is 1.98. The van der Waals surface area contributed by atoms with Gasteiger partial charge in [0.2, 0.25) is 0 Å². The number of hydrogen-bond donors (Lipinski definition) is 1. The highest BCUT2D eigenvalue weighted by Gasteiger charge is 2.22. The molecule has 0 saturated carbocycles. The molecule has 0 radical (unpaired) electrons.